The first-order valence-corrected chi connectivity index (χ1v) is 6.70. The predicted molar refractivity (Wildman–Crippen MR) is 68.6 cm³/mol. The smallest absolute Gasteiger partial charge is 0.122 e. The molecule has 16 heavy (non-hydrogen) atoms. The summed E-state index contributed by atoms with van der Waals surface area (Å²) in [6, 6.07) is 0. The van der Waals surface area contributed by atoms with Gasteiger partial charge in [0.25, 0.3) is 0 Å². The van der Waals surface area contributed by atoms with Crippen molar-refractivity contribution in [1.29, 1.82) is 0 Å². The molecule has 92 valence electrons. The number of nitrogens with two attached hydrogens (primary N) is 1. The van der Waals surface area contributed by atoms with Crippen molar-refractivity contribution in [1.82, 2.24) is 4.98 Å². The highest BCUT2D eigenvalue weighted by atomic mass is 32.1. The summed E-state index contributed by atoms with van der Waals surface area (Å²) in [6.45, 7) is 9.75. The molecule has 0 amide bonds. The SMILES string of the molecule is CCOC(C)c1nc(CC(C)C)c(CN)s1. The fourth-order valence-electron chi connectivity index (χ4n) is 1.60. The van der Waals surface area contributed by atoms with Crippen LogP contribution < -0.4 is 5.73 Å². The largest absolute Gasteiger partial charge is 0.372 e. The number of hydrogen-bond donors (Lipinski definition) is 1. The molecule has 1 rings (SSSR count). The minimum absolute atomic E-state index is 0.0845. The second kappa shape index (κ2) is 6.33. The molecule has 0 aliphatic rings. The van der Waals surface area contributed by atoms with Gasteiger partial charge in [0.05, 0.1) is 5.69 Å². The Kier molecular flexibility index (Phi) is 5.38. The maximum atomic E-state index is 5.74. The van der Waals surface area contributed by atoms with Gasteiger partial charge >= 0.3 is 0 Å². The van der Waals surface area contributed by atoms with E-state index < -0.39 is 0 Å². The highest BCUT2D eigenvalue weighted by Crippen LogP contribution is 2.27. The van der Waals surface area contributed by atoms with Crippen molar-refractivity contribution < 1.29 is 4.74 Å². The lowest BCUT2D eigenvalue weighted by atomic mass is 10.1. The molecule has 1 heterocycles. The summed E-state index contributed by atoms with van der Waals surface area (Å²) in [5.74, 6) is 0.614. The minimum Gasteiger partial charge on any atom is -0.372 e. The molecule has 1 atom stereocenters. The molecule has 0 bridgehead atoms. The third kappa shape index (κ3) is 3.54. The van der Waals surface area contributed by atoms with Crippen molar-refractivity contribution in [3.8, 4) is 0 Å². The Hall–Kier alpha value is -0.450. The van der Waals surface area contributed by atoms with E-state index >= 15 is 0 Å². The Morgan fingerprint density at radius 2 is 2.06 bits per heavy atom. The minimum atomic E-state index is 0.0845. The number of thiazole rings is 1. The molecular weight excluding hydrogens is 220 g/mol. The van der Waals surface area contributed by atoms with Crippen LogP contribution in [0.1, 0.15) is 49.4 Å². The highest BCUT2D eigenvalue weighted by Gasteiger charge is 2.15. The van der Waals surface area contributed by atoms with Crippen molar-refractivity contribution in [2.75, 3.05) is 6.61 Å². The monoisotopic (exact) mass is 242 g/mol. The molecule has 0 aromatic carbocycles. The first kappa shape index (κ1) is 13.6. The van der Waals surface area contributed by atoms with Crippen LogP contribution in [0.25, 0.3) is 0 Å². The summed E-state index contributed by atoms with van der Waals surface area (Å²) >= 11 is 1.69. The standard InChI is InChI=1S/C12H22N2OS/c1-5-15-9(4)12-14-10(6-8(2)3)11(7-13)16-12/h8-9H,5-7,13H2,1-4H3. The molecule has 0 aliphatic heterocycles. The van der Waals surface area contributed by atoms with Gasteiger partial charge in [-0.15, -0.1) is 11.3 Å². The molecule has 0 fully saturated rings. The first-order valence-electron chi connectivity index (χ1n) is 5.88. The molecule has 0 saturated carbocycles. The lowest BCUT2D eigenvalue weighted by Crippen LogP contribution is -2.03. The number of rotatable bonds is 6. The van der Waals surface area contributed by atoms with Gasteiger partial charge in [0, 0.05) is 18.0 Å². The fraction of sp³-hybridized carbons (Fsp3) is 0.750. The van der Waals surface area contributed by atoms with Crippen molar-refractivity contribution in [3.05, 3.63) is 15.6 Å². The summed E-state index contributed by atoms with van der Waals surface area (Å²) < 4.78 is 5.55. The summed E-state index contributed by atoms with van der Waals surface area (Å²) in [6.07, 6.45) is 1.09. The van der Waals surface area contributed by atoms with E-state index in [9.17, 15) is 0 Å². The van der Waals surface area contributed by atoms with E-state index in [1.807, 2.05) is 13.8 Å². The maximum Gasteiger partial charge on any atom is 0.122 e. The van der Waals surface area contributed by atoms with Gasteiger partial charge in [-0.3, -0.25) is 0 Å². The molecule has 1 aromatic heterocycles. The zero-order valence-electron chi connectivity index (χ0n) is 10.6. The topological polar surface area (TPSA) is 48.1 Å². The average molecular weight is 242 g/mol. The van der Waals surface area contributed by atoms with Crippen LogP contribution in [0.3, 0.4) is 0 Å². The number of nitrogens with zero attached hydrogens (tertiary/aromatic N) is 1. The van der Waals surface area contributed by atoms with Crippen molar-refractivity contribution in [2.45, 2.75) is 46.8 Å². The van der Waals surface area contributed by atoms with Crippen LogP contribution in [-0.2, 0) is 17.7 Å². The van der Waals surface area contributed by atoms with Crippen LogP contribution in [0.5, 0.6) is 0 Å². The molecule has 0 saturated heterocycles. The number of ether oxygens (including phenoxy) is 1. The normalized spacial score (nSPS) is 13.4. The van der Waals surface area contributed by atoms with Gasteiger partial charge in [0.1, 0.15) is 11.1 Å². The number of hydrogen-bond acceptors (Lipinski definition) is 4. The van der Waals surface area contributed by atoms with Crippen LogP contribution in [0.4, 0.5) is 0 Å². The third-order valence-electron chi connectivity index (χ3n) is 2.35. The third-order valence-corrected chi connectivity index (χ3v) is 3.63. The predicted octanol–water partition coefficient (Wildman–Crippen LogP) is 2.90. The molecule has 1 unspecified atom stereocenters. The Morgan fingerprint density at radius 1 is 1.38 bits per heavy atom. The summed E-state index contributed by atoms with van der Waals surface area (Å²) in [7, 11) is 0. The molecular formula is C12H22N2OS. The molecule has 0 spiro atoms. The van der Waals surface area contributed by atoms with E-state index in [0.29, 0.717) is 12.5 Å². The van der Waals surface area contributed by atoms with Crippen molar-refractivity contribution >= 4 is 11.3 Å². The van der Waals surface area contributed by atoms with Gasteiger partial charge < -0.3 is 10.5 Å². The second-order valence-electron chi connectivity index (χ2n) is 4.32. The van der Waals surface area contributed by atoms with E-state index in [-0.39, 0.29) is 6.10 Å². The van der Waals surface area contributed by atoms with E-state index in [1.165, 1.54) is 4.88 Å². The van der Waals surface area contributed by atoms with Crippen molar-refractivity contribution in [2.24, 2.45) is 11.7 Å². The molecule has 2 N–H and O–H groups in total. The lowest BCUT2D eigenvalue weighted by molar-refractivity contribution is 0.0761. The quantitative estimate of drug-likeness (QED) is 0.834. The van der Waals surface area contributed by atoms with E-state index in [2.05, 4.69) is 18.8 Å². The summed E-state index contributed by atoms with van der Waals surface area (Å²) in [4.78, 5) is 5.86. The second-order valence-corrected chi connectivity index (χ2v) is 5.44. The number of aromatic nitrogens is 1. The van der Waals surface area contributed by atoms with Crippen molar-refractivity contribution in [3.63, 3.8) is 0 Å². The Bertz CT molecular complexity index is 323. The van der Waals surface area contributed by atoms with Crippen LogP contribution in [0, 0.1) is 5.92 Å². The first-order chi connectivity index (χ1) is 7.58. The van der Waals surface area contributed by atoms with Gasteiger partial charge in [-0.2, -0.15) is 0 Å². The molecule has 1 aromatic rings. The molecule has 0 radical (unpaired) electrons. The van der Waals surface area contributed by atoms with Crippen LogP contribution >= 0.6 is 11.3 Å². The van der Waals surface area contributed by atoms with Gasteiger partial charge in [-0.25, -0.2) is 4.98 Å². The van der Waals surface area contributed by atoms with Gasteiger partial charge in [-0.1, -0.05) is 13.8 Å². The van der Waals surface area contributed by atoms with Crippen LogP contribution in [0.15, 0.2) is 0 Å². The Balaban J connectivity index is 2.84. The summed E-state index contributed by atoms with van der Waals surface area (Å²) in [5.41, 5.74) is 6.90. The molecule has 4 heteroatoms. The van der Waals surface area contributed by atoms with E-state index in [1.54, 1.807) is 11.3 Å². The Morgan fingerprint density at radius 3 is 2.56 bits per heavy atom. The lowest BCUT2D eigenvalue weighted by Gasteiger charge is -2.07. The molecule has 3 nitrogen and oxygen atoms in total. The maximum absolute atomic E-state index is 5.74. The van der Waals surface area contributed by atoms with Crippen LogP contribution in [0.2, 0.25) is 0 Å². The average Bonchev–Trinajstić information content (AvgIpc) is 2.60. The summed E-state index contributed by atoms with van der Waals surface area (Å²) in [5, 5.41) is 1.05. The van der Waals surface area contributed by atoms with Gasteiger partial charge in [0.15, 0.2) is 0 Å². The fourth-order valence-corrected chi connectivity index (χ4v) is 2.58. The van der Waals surface area contributed by atoms with Gasteiger partial charge in [0.2, 0.25) is 0 Å². The zero-order valence-corrected chi connectivity index (χ0v) is 11.4. The zero-order chi connectivity index (χ0) is 12.1. The highest BCUT2D eigenvalue weighted by molar-refractivity contribution is 7.11. The van der Waals surface area contributed by atoms with E-state index in [0.717, 1.165) is 23.7 Å². The Labute approximate surface area is 102 Å². The van der Waals surface area contributed by atoms with Crippen LogP contribution in [-0.4, -0.2) is 11.6 Å². The van der Waals surface area contributed by atoms with Gasteiger partial charge in [-0.05, 0) is 26.2 Å². The molecule has 0 aliphatic carbocycles. The van der Waals surface area contributed by atoms with E-state index in [4.69, 9.17) is 10.5 Å².